The van der Waals surface area contributed by atoms with Gasteiger partial charge in [0.15, 0.2) is 0 Å². The zero-order chi connectivity index (χ0) is 16.0. The molecular formula is C22H21N. The SMILES string of the molecule is CCc1ccc2c(c1)c1cc(C)ccc1n2-c1ccccc1C. The molecular weight excluding hydrogens is 278 g/mol. The maximum Gasteiger partial charge on any atom is 0.0541 e. The van der Waals surface area contributed by atoms with Gasteiger partial charge in [-0.1, -0.05) is 42.8 Å². The Morgan fingerprint density at radius 3 is 2.22 bits per heavy atom. The monoisotopic (exact) mass is 299 g/mol. The minimum atomic E-state index is 1.07. The predicted molar refractivity (Wildman–Crippen MR) is 99.6 cm³/mol. The molecule has 0 saturated carbocycles. The van der Waals surface area contributed by atoms with E-state index in [2.05, 4.69) is 86.0 Å². The Hall–Kier alpha value is -2.54. The van der Waals surface area contributed by atoms with Crippen LogP contribution in [-0.2, 0) is 6.42 Å². The molecule has 1 aromatic heterocycles. The third-order valence-corrected chi connectivity index (χ3v) is 4.75. The number of nitrogens with zero attached hydrogens (tertiary/aromatic N) is 1. The molecule has 0 atom stereocenters. The van der Waals surface area contributed by atoms with Gasteiger partial charge in [0.05, 0.1) is 11.0 Å². The summed E-state index contributed by atoms with van der Waals surface area (Å²) in [5.74, 6) is 0. The van der Waals surface area contributed by atoms with Crippen LogP contribution in [0.5, 0.6) is 0 Å². The van der Waals surface area contributed by atoms with Crippen LogP contribution in [0.1, 0.15) is 23.6 Å². The summed E-state index contributed by atoms with van der Waals surface area (Å²) < 4.78 is 2.40. The first kappa shape index (κ1) is 14.1. The molecule has 0 radical (unpaired) electrons. The van der Waals surface area contributed by atoms with Crippen LogP contribution in [0.25, 0.3) is 27.5 Å². The molecule has 3 aromatic carbocycles. The number of benzene rings is 3. The number of para-hydroxylation sites is 1. The molecule has 0 spiro atoms. The topological polar surface area (TPSA) is 4.93 Å². The van der Waals surface area contributed by atoms with Crippen LogP contribution in [0, 0.1) is 13.8 Å². The van der Waals surface area contributed by atoms with Crippen molar-refractivity contribution in [1.82, 2.24) is 4.57 Å². The fourth-order valence-corrected chi connectivity index (χ4v) is 3.48. The Kier molecular flexibility index (Phi) is 3.23. The van der Waals surface area contributed by atoms with Crippen LogP contribution in [-0.4, -0.2) is 4.57 Å². The minimum Gasteiger partial charge on any atom is -0.309 e. The first-order chi connectivity index (χ1) is 11.2. The molecule has 1 heteroatoms. The first-order valence-electron chi connectivity index (χ1n) is 8.28. The normalized spacial score (nSPS) is 11.4. The summed E-state index contributed by atoms with van der Waals surface area (Å²) in [6.45, 7) is 6.56. The largest absolute Gasteiger partial charge is 0.309 e. The molecule has 0 amide bonds. The molecule has 0 bridgehead atoms. The molecule has 0 aliphatic rings. The summed E-state index contributed by atoms with van der Waals surface area (Å²) in [6.07, 6.45) is 1.07. The van der Waals surface area contributed by atoms with Gasteiger partial charge in [0.25, 0.3) is 0 Å². The molecule has 114 valence electrons. The van der Waals surface area contributed by atoms with Crippen molar-refractivity contribution >= 4 is 21.8 Å². The molecule has 4 aromatic rings. The van der Waals surface area contributed by atoms with Gasteiger partial charge >= 0.3 is 0 Å². The Balaban J connectivity index is 2.19. The third-order valence-electron chi connectivity index (χ3n) is 4.75. The highest BCUT2D eigenvalue weighted by Crippen LogP contribution is 2.34. The Labute approximate surface area is 137 Å². The molecule has 0 fully saturated rings. The predicted octanol–water partition coefficient (Wildman–Crippen LogP) is 5.96. The van der Waals surface area contributed by atoms with Gasteiger partial charge in [-0.05, 0) is 61.7 Å². The Morgan fingerprint density at radius 2 is 1.48 bits per heavy atom. The first-order valence-corrected chi connectivity index (χ1v) is 8.28. The van der Waals surface area contributed by atoms with E-state index in [-0.39, 0.29) is 0 Å². The molecule has 23 heavy (non-hydrogen) atoms. The van der Waals surface area contributed by atoms with Crippen LogP contribution in [0.2, 0.25) is 0 Å². The Morgan fingerprint density at radius 1 is 0.783 bits per heavy atom. The van der Waals surface area contributed by atoms with E-state index in [1.165, 1.54) is 44.2 Å². The average Bonchev–Trinajstić information content (AvgIpc) is 2.88. The van der Waals surface area contributed by atoms with Gasteiger partial charge in [0.2, 0.25) is 0 Å². The third kappa shape index (κ3) is 2.16. The molecule has 1 nitrogen and oxygen atoms in total. The summed E-state index contributed by atoms with van der Waals surface area (Å²) in [4.78, 5) is 0. The Bertz CT molecular complexity index is 1020. The van der Waals surface area contributed by atoms with E-state index in [9.17, 15) is 0 Å². The van der Waals surface area contributed by atoms with Crippen molar-refractivity contribution in [2.45, 2.75) is 27.2 Å². The number of hydrogen-bond donors (Lipinski definition) is 0. The van der Waals surface area contributed by atoms with Crippen molar-refractivity contribution in [2.75, 3.05) is 0 Å². The lowest BCUT2D eigenvalue weighted by molar-refractivity contribution is 1.13. The lowest BCUT2D eigenvalue weighted by Crippen LogP contribution is -1.96. The molecule has 0 aliphatic carbocycles. The average molecular weight is 299 g/mol. The maximum atomic E-state index is 2.40. The zero-order valence-electron chi connectivity index (χ0n) is 13.9. The van der Waals surface area contributed by atoms with Gasteiger partial charge in [0, 0.05) is 16.5 Å². The smallest absolute Gasteiger partial charge is 0.0541 e. The van der Waals surface area contributed by atoms with Crippen molar-refractivity contribution in [3.8, 4) is 5.69 Å². The van der Waals surface area contributed by atoms with Crippen molar-refractivity contribution in [2.24, 2.45) is 0 Å². The number of hydrogen-bond acceptors (Lipinski definition) is 0. The standard InChI is InChI=1S/C22H21N/c1-4-17-10-12-22-19(14-17)18-13-15(2)9-11-21(18)23(22)20-8-6-5-7-16(20)3/h5-14H,4H2,1-3H3. The number of fused-ring (bicyclic) bond motifs is 3. The lowest BCUT2D eigenvalue weighted by Gasteiger charge is -2.11. The van der Waals surface area contributed by atoms with E-state index >= 15 is 0 Å². The zero-order valence-corrected chi connectivity index (χ0v) is 13.9. The number of rotatable bonds is 2. The van der Waals surface area contributed by atoms with E-state index < -0.39 is 0 Å². The van der Waals surface area contributed by atoms with Crippen LogP contribution < -0.4 is 0 Å². The molecule has 0 unspecified atom stereocenters. The minimum absolute atomic E-state index is 1.07. The highest BCUT2D eigenvalue weighted by molar-refractivity contribution is 6.09. The van der Waals surface area contributed by atoms with E-state index in [0.29, 0.717) is 0 Å². The summed E-state index contributed by atoms with van der Waals surface area (Å²) in [7, 11) is 0. The van der Waals surface area contributed by atoms with E-state index in [1.54, 1.807) is 0 Å². The number of aromatic nitrogens is 1. The van der Waals surface area contributed by atoms with Crippen LogP contribution >= 0.6 is 0 Å². The van der Waals surface area contributed by atoms with Crippen molar-refractivity contribution in [3.63, 3.8) is 0 Å². The van der Waals surface area contributed by atoms with Crippen molar-refractivity contribution in [3.05, 3.63) is 77.4 Å². The second-order valence-electron chi connectivity index (χ2n) is 6.35. The van der Waals surface area contributed by atoms with Gasteiger partial charge < -0.3 is 4.57 Å². The van der Waals surface area contributed by atoms with E-state index in [0.717, 1.165) is 6.42 Å². The van der Waals surface area contributed by atoms with E-state index in [4.69, 9.17) is 0 Å². The number of aryl methyl sites for hydroxylation is 3. The second kappa shape index (κ2) is 5.27. The highest BCUT2D eigenvalue weighted by atomic mass is 15.0. The fraction of sp³-hybridized carbons (Fsp3) is 0.182. The quantitative estimate of drug-likeness (QED) is 0.430. The summed E-state index contributed by atoms with van der Waals surface area (Å²) in [6, 6.07) is 22.3. The second-order valence-corrected chi connectivity index (χ2v) is 6.35. The highest BCUT2D eigenvalue weighted by Gasteiger charge is 2.13. The summed E-state index contributed by atoms with van der Waals surface area (Å²) in [5.41, 5.74) is 7.84. The van der Waals surface area contributed by atoms with Crippen molar-refractivity contribution in [1.29, 1.82) is 0 Å². The van der Waals surface area contributed by atoms with Crippen LogP contribution in [0.15, 0.2) is 60.7 Å². The molecule has 4 rings (SSSR count). The van der Waals surface area contributed by atoms with Crippen molar-refractivity contribution < 1.29 is 0 Å². The van der Waals surface area contributed by atoms with Crippen LogP contribution in [0.4, 0.5) is 0 Å². The van der Waals surface area contributed by atoms with Crippen LogP contribution in [0.3, 0.4) is 0 Å². The maximum absolute atomic E-state index is 2.40. The molecule has 1 heterocycles. The van der Waals surface area contributed by atoms with Gasteiger partial charge in [-0.2, -0.15) is 0 Å². The summed E-state index contributed by atoms with van der Waals surface area (Å²) in [5, 5.41) is 2.70. The van der Waals surface area contributed by atoms with Gasteiger partial charge in [-0.15, -0.1) is 0 Å². The lowest BCUT2D eigenvalue weighted by atomic mass is 10.1. The van der Waals surface area contributed by atoms with Gasteiger partial charge in [0.1, 0.15) is 0 Å². The fourth-order valence-electron chi connectivity index (χ4n) is 3.48. The molecule has 0 aliphatic heterocycles. The van der Waals surface area contributed by atoms with Gasteiger partial charge in [-0.25, -0.2) is 0 Å². The summed E-state index contributed by atoms with van der Waals surface area (Å²) >= 11 is 0. The van der Waals surface area contributed by atoms with E-state index in [1.807, 2.05) is 0 Å². The molecule has 0 saturated heterocycles. The van der Waals surface area contributed by atoms with Gasteiger partial charge in [-0.3, -0.25) is 0 Å². The molecule has 0 N–H and O–H groups in total.